The van der Waals surface area contributed by atoms with E-state index in [0.717, 1.165) is 22.2 Å². The Hall–Kier alpha value is -2.30. The van der Waals surface area contributed by atoms with E-state index in [1.165, 1.54) is 0 Å². The third-order valence-corrected chi connectivity index (χ3v) is 3.03. The lowest BCUT2D eigenvalue weighted by Gasteiger charge is -2.16. The number of hydrogen-bond donors (Lipinski definition) is 1. The van der Waals surface area contributed by atoms with E-state index in [4.69, 9.17) is 7.85 Å². The van der Waals surface area contributed by atoms with Crippen LogP contribution in [-0.4, -0.2) is 22.8 Å². The lowest BCUT2D eigenvalue weighted by molar-refractivity contribution is 0.542. The van der Waals surface area contributed by atoms with Crippen LogP contribution in [0, 0.1) is 0 Å². The number of para-hydroxylation sites is 1. The van der Waals surface area contributed by atoms with Gasteiger partial charge in [0.25, 0.3) is 0 Å². The number of benzene rings is 2. The Morgan fingerprint density at radius 2 is 1.84 bits per heavy atom. The highest BCUT2D eigenvalue weighted by atomic mass is 15.5. The molecule has 0 aliphatic heterocycles. The normalized spacial score (nSPS) is 12.5. The van der Waals surface area contributed by atoms with Crippen LogP contribution in [0.15, 0.2) is 48.5 Å². The first-order valence-corrected chi connectivity index (χ1v) is 6.16. The fraction of sp³-hybridized carbons (Fsp3) is 0.143. The molecule has 1 aromatic heterocycles. The molecule has 19 heavy (non-hydrogen) atoms. The van der Waals surface area contributed by atoms with Gasteiger partial charge in [0.1, 0.15) is 19.5 Å². The predicted molar refractivity (Wildman–Crippen MR) is 77.7 cm³/mol. The highest BCUT2D eigenvalue weighted by Crippen LogP contribution is 2.17. The Bertz CT molecular complexity index is 690. The van der Waals surface area contributed by atoms with Crippen molar-refractivity contribution in [2.45, 2.75) is 13.1 Å². The molecule has 0 fully saturated rings. The molecule has 0 amide bonds. The summed E-state index contributed by atoms with van der Waals surface area (Å²) in [6.07, 6.45) is 0.0102. The molecule has 1 atom stereocenters. The summed E-state index contributed by atoms with van der Waals surface area (Å²) in [6.45, 7) is 2.04. The molecule has 0 bridgehead atoms. The van der Waals surface area contributed by atoms with Crippen LogP contribution in [-0.2, 0) is 0 Å². The van der Waals surface area contributed by atoms with E-state index in [0.29, 0.717) is 0 Å². The second-order valence-electron chi connectivity index (χ2n) is 4.47. The molecule has 4 nitrogen and oxygen atoms in total. The molecule has 0 saturated heterocycles. The van der Waals surface area contributed by atoms with Gasteiger partial charge >= 0.3 is 0 Å². The van der Waals surface area contributed by atoms with Crippen molar-refractivity contribution in [2.24, 2.45) is 0 Å². The summed E-state index contributed by atoms with van der Waals surface area (Å²) in [4.78, 5) is 0. The molecule has 0 saturated carbocycles. The zero-order valence-corrected chi connectivity index (χ0v) is 10.6. The molecule has 0 aliphatic rings. The maximum atomic E-state index is 5.67. The molecule has 3 aromatic rings. The zero-order valence-electron chi connectivity index (χ0n) is 10.6. The summed E-state index contributed by atoms with van der Waals surface area (Å²) in [5, 5.41) is 11.7. The number of hydrogen-bond acceptors (Lipinski definition) is 3. The third kappa shape index (κ3) is 2.31. The maximum Gasteiger partial charge on any atom is 0.120 e. The zero-order chi connectivity index (χ0) is 13.2. The number of rotatable bonds is 3. The maximum absolute atomic E-state index is 5.67. The predicted octanol–water partition coefficient (Wildman–Crippen LogP) is 1.86. The Morgan fingerprint density at radius 1 is 1.11 bits per heavy atom. The quantitative estimate of drug-likeness (QED) is 0.719. The topological polar surface area (TPSA) is 42.7 Å². The van der Waals surface area contributed by atoms with Crippen molar-refractivity contribution in [3.8, 4) is 0 Å². The Kier molecular flexibility index (Phi) is 2.95. The van der Waals surface area contributed by atoms with Crippen LogP contribution in [0.4, 0.5) is 5.69 Å². The molecule has 2 radical (unpaired) electrons. The number of fused-ring (bicyclic) bond motifs is 1. The molecular weight excluding hydrogens is 235 g/mol. The van der Waals surface area contributed by atoms with Crippen LogP contribution < -0.4 is 10.8 Å². The first-order chi connectivity index (χ1) is 9.24. The molecule has 1 heterocycles. The fourth-order valence-corrected chi connectivity index (χ4v) is 2.05. The van der Waals surface area contributed by atoms with Gasteiger partial charge < -0.3 is 5.32 Å². The molecule has 0 spiro atoms. The van der Waals surface area contributed by atoms with E-state index in [1.54, 1.807) is 0 Å². The van der Waals surface area contributed by atoms with Gasteiger partial charge in [-0.25, -0.2) is 4.68 Å². The van der Waals surface area contributed by atoms with Crippen LogP contribution in [0.3, 0.4) is 0 Å². The summed E-state index contributed by atoms with van der Waals surface area (Å²) in [5.74, 6) is 0. The van der Waals surface area contributed by atoms with Crippen molar-refractivity contribution < 1.29 is 0 Å². The van der Waals surface area contributed by atoms with Gasteiger partial charge in [0.05, 0.1) is 5.52 Å². The minimum Gasteiger partial charge on any atom is -0.364 e. The molecule has 3 rings (SSSR count). The lowest BCUT2D eigenvalue weighted by atomic mass is 9.96. The highest BCUT2D eigenvalue weighted by Gasteiger charge is 2.10. The average molecular weight is 248 g/mol. The van der Waals surface area contributed by atoms with Gasteiger partial charge in [-0.2, -0.15) is 0 Å². The second-order valence-corrected chi connectivity index (χ2v) is 4.47. The number of aromatic nitrogens is 3. The van der Waals surface area contributed by atoms with Crippen LogP contribution in [0.2, 0.25) is 0 Å². The molecule has 92 valence electrons. The van der Waals surface area contributed by atoms with Crippen molar-refractivity contribution in [1.29, 1.82) is 0 Å². The van der Waals surface area contributed by atoms with E-state index >= 15 is 0 Å². The second kappa shape index (κ2) is 4.76. The Labute approximate surface area is 112 Å². The van der Waals surface area contributed by atoms with Crippen molar-refractivity contribution in [3.05, 3.63) is 48.5 Å². The monoisotopic (exact) mass is 248 g/mol. The minimum atomic E-state index is 0.0102. The van der Waals surface area contributed by atoms with Crippen molar-refractivity contribution in [2.75, 3.05) is 5.32 Å². The average Bonchev–Trinajstić information content (AvgIpc) is 2.85. The summed E-state index contributed by atoms with van der Waals surface area (Å²) in [5.41, 5.74) is 3.66. The van der Waals surface area contributed by atoms with Gasteiger partial charge in [0.2, 0.25) is 0 Å². The summed E-state index contributed by atoms with van der Waals surface area (Å²) >= 11 is 0. The van der Waals surface area contributed by atoms with Gasteiger partial charge in [-0.3, -0.25) is 0 Å². The van der Waals surface area contributed by atoms with E-state index in [1.807, 2.05) is 60.1 Å². The molecule has 0 aliphatic carbocycles. The summed E-state index contributed by atoms with van der Waals surface area (Å²) in [6, 6.07) is 15.5. The summed E-state index contributed by atoms with van der Waals surface area (Å²) in [7, 11) is 5.67. The minimum absolute atomic E-state index is 0.0102. The summed E-state index contributed by atoms with van der Waals surface area (Å²) < 4.78 is 1.87. The molecule has 1 N–H and O–H groups in total. The Morgan fingerprint density at radius 3 is 2.63 bits per heavy atom. The van der Waals surface area contributed by atoms with Gasteiger partial charge in [-0.05, 0) is 31.2 Å². The molecular formula is C14H13BN4. The van der Waals surface area contributed by atoms with Crippen LogP contribution >= 0.6 is 0 Å². The number of nitrogens with zero attached hydrogens (tertiary/aromatic N) is 3. The standard InChI is InChI=1S/C14H13BN4/c1-10(16-12-8-6-11(15)7-9-12)19-14-5-3-2-4-13(14)17-18-19/h2-10,16H,1H3. The van der Waals surface area contributed by atoms with Crippen LogP contribution in [0.5, 0.6) is 0 Å². The number of anilines is 1. The van der Waals surface area contributed by atoms with Gasteiger partial charge in [0, 0.05) is 5.69 Å². The molecule has 1 unspecified atom stereocenters. The van der Waals surface area contributed by atoms with Crippen molar-refractivity contribution >= 4 is 30.0 Å². The highest BCUT2D eigenvalue weighted by molar-refractivity contribution is 6.32. The van der Waals surface area contributed by atoms with Crippen LogP contribution in [0.1, 0.15) is 13.1 Å². The van der Waals surface area contributed by atoms with Crippen molar-refractivity contribution in [3.63, 3.8) is 0 Å². The number of nitrogens with one attached hydrogen (secondary N) is 1. The van der Waals surface area contributed by atoms with E-state index < -0.39 is 0 Å². The SMILES string of the molecule is [B]c1ccc(NC(C)n2nnc3ccccc32)cc1. The van der Waals surface area contributed by atoms with E-state index in [9.17, 15) is 0 Å². The Balaban J connectivity index is 1.87. The lowest BCUT2D eigenvalue weighted by Crippen LogP contribution is -2.16. The smallest absolute Gasteiger partial charge is 0.120 e. The first-order valence-electron chi connectivity index (χ1n) is 6.16. The molecule has 2 aromatic carbocycles. The van der Waals surface area contributed by atoms with Gasteiger partial charge in [-0.15, -0.1) is 5.10 Å². The van der Waals surface area contributed by atoms with E-state index in [-0.39, 0.29) is 6.17 Å². The first kappa shape index (κ1) is 11.8. The largest absolute Gasteiger partial charge is 0.364 e. The molecule has 5 heteroatoms. The third-order valence-electron chi connectivity index (χ3n) is 3.03. The fourth-order valence-electron chi connectivity index (χ4n) is 2.05. The van der Waals surface area contributed by atoms with E-state index in [2.05, 4.69) is 15.6 Å². The van der Waals surface area contributed by atoms with Crippen LogP contribution in [0.25, 0.3) is 11.0 Å². The van der Waals surface area contributed by atoms with Gasteiger partial charge in [0.15, 0.2) is 0 Å². The van der Waals surface area contributed by atoms with Crippen molar-refractivity contribution in [1.82, 2.24) is 15.0 Å². The van der Waals surface area contributed by atoms with Gasteiger partial charge in [-0.1, -0.05) is 34.9 Å².